The minimum Gasteiger partial charge on any atom is -0.478 e. The van der Waals surface area contributed by atoms with Crippen LogP contribution >= 0.6 is 0 Å². The molecule has 0 aromatic heterocycles. The smallest absolute Gasteiger partial charge is 0.335 e. The number of hydrogen-bond donors (Lipinski definition) is 1. The summed E-state index contributed by atoms with van der Waals surface area (Å²) in [4.78, 5) is 18.7. The molecule has 2 aromatic carbocycles. The number of para-hydroxylation sites is 1. The number of benzene rings is 2. The van der Waals surface area contributed by atoms with Gasteiger partial charge in [0.2, 0.25) is 0 Å². The molecule has 0 radical (unpaired) electrons. The third-order valence-corrected chi connectivity index (χ3v) is 7.50. The van der Waals surface area contributed by atoms with Gasteiger partial charge in [-0.15, -0.1) is 0 Å². The molecule has 1 saturated carbocycles. The Hall–Kier alpha value is -2.53. The first-order chi connectivity index (χ1) is 15.2. The molecule has 5 nitrogen and oxygen atoms in total. The third kappa shape index (κ3) is 4.57. The van der Waals surface area contributed by atoms with Crippen LogP contribution in [0.15, 0.2) is 48.5 Å². The summed E-state index contributed by atoms with van der Waals surface area (Å²) in [5.41, 5.74) is 4.38. The molecule has 1 N–H and O–H groups in total. The molecular formula is C26H33N3O2. The van der Waals surface area contributed by atoms with Gasteiger partial charge >= 0.3 is 5.97 Å². The van der Waals surface area contributed by atoms with Gasteiger partial charge < -0.3 is 14.9 Å². The molecule has 164 valence electrons. The summed E-state index contributed by atoms with van der Waals surface area (Å²) in [7, 11) is 0. The number of rotatable bonds is 5. The van der Waals surface area contributed by atoms with Crippen LogP contribution in [0.4, 0.5) is 11.4 Å². The summed E-state index contributed by atoms with van der Waals surface area (Å²) in [5, 5.41) is 9.10. The molecule has 2 aromatic rings. The van der Waals surface area contributed by atoms with Gasteiger partial charge in [-0.3, -0.25) is 4.90 Å². The van der Waals surface area contributed by atoms with Crippen molar-refractivity contribution in [2.24, 2.45) is 11.8 Å². The zero-order valence-corrected chi connectivity index (χ0v) is 18.2. The Morgan fingerprint density at radius 3 is 2.03 bits per heavy atom. The van der Waals surface area contributed by atoms with Crippen LogP contribution < -0.4 is 9.80 Å². The molecule has 5 heteroatoms. The van der Waals surface area contributed by atoms with Crippen molar-refractivity contribution >= 4 is 17.3 Å². The van der Waals surface area contributed by atoms with Gasteiger partial charge in [0.15, 0.2) is 0 Å². The number of fused-ring (bicyclic) bond motifs is 4. The summed E-state index contributed by atoms with van der Waals surface area (Å²) in [6.07, 6.45) is 5.66. The highest BCUT2D eigenvalue weighted by Crippen LogP contribution is 2.37. The first-order valence-electron chi connectivity index (χ1n) is 11.8. The van der Waals surface area contributed by atoms with Gasteiger partial charge in [-0.1, -0.05) is 18.2 Å². The van der Waals surface area contributed by atoms with Gasteiger partial charge in [0.05, 0.1) is 5.56 Å². The summed E-state index contributed by atoms with van der Waals surface area (Å²) < 4.78 is 0. The van der Waals surface area contributed by atoms with Gasteiger partial charge in [0.25, 0.3) is 0 Å². The predicted octanol–water partition coefficient (Wildman–Crippen LogP) is 4.33. The standard InChI is InChI=1S/C26H33N3O2/c30-26(31)22-9-11-24(12-10-22)28-15-13-27(14-16-28)19-23-3-1-2-4-25(23)29-17-20-5-6-21(18-29)8-7-20/h1-4,9-12,20-21H,5-8,13-19H2,(H,30,31). The molecule has 6 rings (SSSR count). The van der Waals surface area contributed by atoms with Crippen LogP contribution in [0.3, 0.4) is 0 Å². The summed E-state index contributed by atoms with van der Waals surface area (Å²) in [5.74, 6) is 0.887. The largest absolute Gasteiger partial charge is 0.478 e. The molecule has 31 heavy (non-hydrogen) atoms. The van der Waals surface area contributed by atoms with E-state index in [-0.39, 0.29) is 0 Å². The van der Waals surface area contributed by atoms with E-state index in [0.29, 0.717) is 5.56 Å². The lowest BCUT2D eigenvalue weighted by molar-refractivity contribution is 0.0697. The average molecular weight is 420 g/mol. The molecular weight excluding hydrogens is 386 g/mol. The van der Waals surface area contributed by atoms with Crippen molar-refractivity contribution in [3.8, 4) is 0 Å². The van der Waals surface area contributed by atoms with Gasteiger partial charge in [-0.2, -0.15) is 0 Å². The van der Waals surface area contributed by atoms with Crippen LogP contribution in [0.1, 0.15) is 41.6 Å². The quantitative estimate of drug-likeness (QED) is 0.782. The molecule has 1 aliphatic carbocycles. The molecule has 3 heterocycles. The van der Waals surface area contributed by atoms with E-state index in [1.807, 2.05) is 12.1 Å². The second kappa shape index (κ2) is 8.91. The second-order valence-corrected chi connectivity index (χ2v) is 9.54. The maximum Gasteiger partial charge on any atom is 0.335 e. The molecule has 0 amide bonds. The number of aromatic carboxylic acids is 1. The normalized spacial score (nSPS) is 24.3. The van der Waals surface area contributed by atoms with Crippen LogP contribution in [-0.2, 0) is 6.54 Å². The molecule has 4 fully saturated rings. The van der Waals surface area contributed by atoms with Crippen LogP contribution in [-0.4, -0.2) is 55.2 Å². The lowest BCUT2D eigenvalue weighted by Gasteiger charge is -2.37. The van der Waals surface area contributed by atoms with Crippen molar-refractivity contribution < 1.29 is 9.90 Å². The predicted molar refractivity (Wildman–Crippen MR) is 125 cm³/mol. The zero-order valence-electron chi connectivity index (χ0n) is 18.2. The van der Waals surface area contributed by atoms with Crippen molar-refractivity contribution in [3.05, 3.63) is 59.7 Å². The summed E-state index contributed by atoms with van der Waals surface area (Å²) in [6.45, 7) is 7.47. The topological polar surface area (TPSA) is 47.0 Å². The van der Waals surface area contributed by atoms with Gasteiger partial charge in [0.1, 0.15) is 0 Å². The molecule has 0 unspecified atom stereocenters. The minimum absolute atomic E-state index is 0.348. The first-order valence-corrected chi connectivity index (χ1v) is 11.8. The van der Waals surface area contributed by atoms with E-state index in [1.54, 1.807) is 12.1 Å². The SMILES string of the molecule is O=C(O)c1ccc(N2CCN(Cc3ccccc3N3CC4CCC(CC4)C3)CC2)cc1. The number of nitrogens with zero attached hydrogens (tertiary/aromatic N) is 3. The highest BCUT2D eigenvalue weighted by atomic mass is 16.4. The Morgan fingerprint density at radius 1 is 0.806 bits per heavy atom. The Balaban J connectivity index is 1.22. The van der Waals surface area contributed by atoms with Crippen molar-refractivity contribution in [2.45, 2.75) is 32.2 Å². The lowest BCUT2D eigenvalue weighted by Crippen LogP contribution is -2.46. The van der Waals surface area contributed by atoms with E-state index in [4.69, 9.17) is 5.11 Å². The van der Waals surface area contributed by atoms with Crippen LogP contribution in [0, 0.1) is 11.8 Å². The van der Waals surface area contributed by atoms with Gasteiger partial charge in [0, 0.05) is 57.2 Å². The fourth-order valence-electron chi connectivity index (χ4n) is 5.66. The van der Waals surface area contributed by atoms with Crippen molar-refractivity contribution in [1.82, 2.24) is 4.90 Å². The molecule has 3 aliphatic heterocycles. The third-order valence-electron chi connectivity index (χ3n) is 7.50. The number of carboxylic acids is 1. The maximum atomic E-state index is 11.1. The van der Waals surface area contributed by atoms with Crippen LogP contribution in [0.25, 0.3) is 0 Å². The highest BCUT2D eigenvalue weighted by Gasteiger charge is 2.30. The summed E-state index contributed by atoms with van der Waals surface area (Å²) in [6, 6.07) is 16.3. The Kier molecular flexibility index (Phi) is 5.86. The van der Waals surface area contributed by atoms with Crippen LogP contribution in [0.2, 0.25) is 0 Å². The lowest BCUT2D eigenvalue weighted by atomic mass is 9.84. The Labute approximate surface area is 185 Å². The van der Waals surface area contributed by atoms with Crippen molar-refractivity contribution in [1.29, 1.82) is 0 Å². The average Bonchev–Trinajstić information content (AvgIpc) is 3.14. The second-order valence-electron chi connectivity index (χ2n) is 9.54. The summed E-state index contributed by atoms with van der Waals surface area (Å²) >= 11 is 0. The molecule has 0 atom stereocenters. The van der Waals surface area contributed by atoms with Gasteiger partial charge in [-0.25, -0.2) is 4.79 Å². The number of hydrogen-bond acceptors (Lipinski definition) is 4. The van der Waals surface area contributed by atoms with Crippen molar-refractivity contribution in [3.63, 3.8) is 0 Å². The van der Waals surface area contributed by atoms with Gasteiger partial charge in [-0.05, 0) is 73.4 Å². The monoisotopic (exact) mass is 419 g/mol. The zero-order chi connectivity index (χ0) is 21.2. The molecule has 2 bridgehead atoms. The molecule has 4 aliphatic rings. The van der Waals surface area contributed by atoms with Crippen molar-refractivity contribution in [2.75, 3.05) is 49.1 Å². The van der Waals surface area contributed by atoms with Crippen LogP contribution in [0.5, 0.6) is 0 Å². The Bertz CT molecular complexity index is 883. The van der Waals surface area contributed by atoms with E-state index >= 15 is 0 Å². The number of anilines is 2. The number of carboxylic acid groups (broad SMARTS) is 1. The number of piperazine rings is 1. The molecule has 3 saturated heterocycles. The highest BCUT2D eigenvalue weighted by molar-refractivity contribution is 5.88. The van der Waals surface area contributed by atoms with E-state index in [9.17, 15) is 4.79 Å². The fraction of sp³-hybridized carbons (Fsp3) is 0.500. The van der Waals surface area contributed by atoms with E-state index in [2.05, 4.69) is 39.0 Å². The van der Waals surface area contributed by atoms with E-state index in [1.165, 1.54) is 50.0 Å². The minimum atomic E-state index is -0.868. The van der Waals surface area contributed by atoms with E-state index in [0.717, 1.165) is 50.2 Å². The van der Waals surface area contributed by atoms with E-state index < -0.39 is 5.97 Å². The number of carbonyl (C=O) groups is 1. The fourth-order valence-corrected chi connectivity index (χ4v) is 5.66. The first kappa shape index (κ1) is 20.4. The Morgan fingerprint density at radius 2 is 1.42 bits per heavy atom. The molecule has 0 spiro atoms. The maximum absolute atomic E-state index is 11.1.